The molecule has 0 unspecified atom stereocenters. The first-order valence-corrected chi connectivity index (χ1v) is 7.06. The lowest BCUT2D eigenvalue weighted by atomic mass is 10.2. The van der Waals surface area contributed by atoms with Crippen molar-refractivity contribution in [3.63, 3.8) is 0 Å². The highest BCUT2D eigenvalue weighted by Gasteiger charge is 2.22. The summed E-state index contributed by atoms with van der Waals surface area (Å²) in [5.74, 6) is -0.506. The predicted octanol–water partition coefficient (Wildman–Crippen LogP) is 2.48. The fourth-order valence-electron chi connectivity index (χ4n) is 1.88. The normalized spacial score (nSPS) is 11.2. The van der Waals surface area contributed by atoms with Crippen molar-refractivity contribution in [1.29, 1.82) is 0 Å². The molecule has 0 saturated carbocycles. The largest absolute Gasteiger partial charge is 0.462 e. The third-order valence-electron chi connectivity index (χ3n) is 3.12. The van der Waals surface area contributed by atoms with Crippen LogP contribution in [0.1, 0.15) is 49.1 Å². The molecule has 5 nitrogen and oxygen atoms in total. The topological polar surface area (TPSA) is 55.3 Å². The molecule has 0 atom stereocenters. The van der Waals surface area contributed by atoms with Gasteiger partial charge in [-0.05, 0) is 20.0 Å². The number of ether oxygens (including phenoxy) is 1. The number of carbonyl (C=O) groups is 1. The van der Waals surface area contributed by atoms with Gasteiger partial charge >= 0.3 is 5.97 Å². The summed E-state index contributed by atoms with van der Waals surface area (Å²) in [7, 11) is 0. The SMILES string of the molecule is CCOC(=O)c1cnc(CCN(CC)CC)nc1C(F)F. The highest BCUT2D eigenvalue weighted by molar-refractivity contribution is 5.90. The molecule has 0 aliphatic carbocycles. The molecule has 0 aliphatic heterocycles. The van der Waals surface area contributed by atoms with Gasteiger partial charge in [0.05, 0.1) is 6.61 Å². The Kier molecular flexibility index (Phi) is 7.14. The highest BCUT2D eigenvalue weighted by atomic mass is 19.3. The van der Waals surface area contributed by atoms with Crippen LogP contribution in [-0.4, -0.2) is 47.1 Å². The Balaban J connectivity index is 2.90. The van der Waals surface area contributed by atoms with E-state index in [0.717, 1.165) is 19.3 Å². The first-order valence-electron chi connectivity index (χ1n) is 7.06. The Hall–Kier alpha value is -1.63. The van der Waals surface area contributed by atoms with Crippen LogP contribution in [0.25, 0.3) is 0 Å². The summed E-state index contributed by atoms with van der Waals surface area (Å²) in [6.07, 6.45) is -1.24. The van der Waals surface area contributed by atoms with Gasteiger partial charge in [-0.2, -0.15) is 0 Å². The third-order valence-corrected chi connectivity index (χ3v) is 3.12. The minimum absolute atomic E-state index is 0.116. The smallest absolute Gasteiger partial charge is 0.341 e. The zero-order valence-electron chi connectivity index (χ0n) is 12.6. The van der Waals surface area contributed by atoms with Crippen LogP contribution in [0.4, 0.5) is 8.78 Å². The van der Waals surface area contributed by atoms with Crippen LogP contribution in [0.5, 0.6) is 0 Å². The standard InChI is InChI=1S/C14H21F2N3O2/c1-4-19(5-2)8-7-11-17-9-10(14(20)21-6-3)12(18-11)13(15)16/h9,13H,4-8H2,1-3H3. The van der Waals surface area contributed by atoms with Crippen molar-refractivity contribution in [1.82, 2.24) is 14.9 Å². The van der Waals surface area contributed by atoms with E-state index in [1.807, 2.05) is 13.8 Å². The van der Waals surface area contributed by atoms with Gasteiger partial charge in [0.25, 0.3) is 6.43 Å². The van der Waals surface area contributed by atoms with Crippen molar-refractivity contribution < 1.29 is 18.3 Å². The van der Waals surface area contributed by atoms with Gasteiger partial charge in [0.2, 0.25) is 0 Å². The lowest BCUT2D eigenvalue weighted by molar-refractivity contribution is 0.0512. The van der Waals surface area contributed by atoms with Gasteiger partial charge in [-0.1, -0.05) is 13.8 Å². The van der Waals surface area contributed by atoms with E-state index in [1.54, 1.807) is 6.92 Å². The second-order valence-corrected chi connectivity index (χ2v) is 4.38. The van der Waals surface area contributed by atoms with E-state index in [4.69, 9.17) is 4.74 Å². The van der Waals surface area contributed by atoms with E-state index < -0.39 is 18.1 Å². The van der Waals surface area contributed by atoms with E-state index in [2.05, 4.69) is 14.9 Å². The predicted molar refractivity (Wildman–Crippen MR) is 74.4 cm³/mol. The average molecular weight is 301 g/mol. The van der Waals surface area contributed by atoms with E-state index in [0.29, 0.717) is 18.8 Å². The number of halogens is 2. The molecule has 0 bridgehead atoms. The number of carbonyl (C=O) groups excluding carboxylic acids is 1. The van der Waals surface area contributed by atoms with E-state index in [9.17, 15) is 13.6 Å². The summed E-state index contributed by atoms with van der Waals surface area (Å²) in [6, 6.07) is 0. The first-order chi connectivity index (χ1) is 10.0. The molecular weight excluding hydrogens is 280 g/mol. The van der Waals surface area contributed by atoms with Gasteiger partial charge < -0.3 is 9.64 Å². The van der Waals surface area contributed by atoms with Gasteiger partial charge in [-0.15, -0.1) is 0 Å². The van der Waals surface area contributed by atoms with Gasteiger partial charge in [0.15, 0.2) is 0 Å². The maximum Gasteiger partial charge on any atom is 0.341 e. The Bertz CT molecular complexity index is 466. The lowest BCUT2D eigenvalue weighted by Crippen LogP contribution is -2.26. The van der Waals surface area contributed by atoms with E-state index in [-0.39, 0.29) is 12.2 Å². The molecule has 0 fully saturated rings. The lowest BCUT2D eigenvalue weighted by Gasteiger charge is -2.17. The fraction of sp³-hybridized carbons (Fsp3) is 0.643. The van der Waals surface area contributed by atoms with Crippen LogP contribution in [0.15, 0.2) is 6.20 Å². The zero-order valence-corrected chi connectivity index (χ0v) is 12.6. The molecule has 0 aliphatic rings. The van der Waals surface area contributed by atoms with Gasteiger partial charge in [-0.25, -0.2) is 23.5 Å². The molecule has 1 heterocycles. The number of aromatic nitrogens is 2. The number of alkyl halides is 2. The minimum Gasteiger partial charge on any atom is -0.462 e. The molecule has 0 saturated heterocycles. The van der Waals surface area contributed by atoms with E-state index >= 15 is 0 Å². The summed E-state index contributed by atoms with van der Waals surface area (Å²) in [5, 5.41) is 0. The molecule has 0 N–H and O–H groups in total. The summed E-state index contributed by atoms with van der Waals surface area (Å²) in [6.45, 7) is 8.22. The summed E-state index contributed by atoms with van der Waals surface area (Å²) in [4.78, 5) is 21.6. The summed E-state index contributed by atoms with van der Waals surface area (Å²) in [5.41, 5.74) is -0.823. The highest BCUT2D eigenvalue weighted by Crippen LogP contribution is 2.21. The van der Waals surface area contributed by atoms with Crippen molar-refractivity contribution in [3.8, 4) is 0 Å². The Labute approximate surface area is 123 Å². The monoisotopic (exact) mass is 301 g/mol. The van der Waals surface area contributed by atoms with Crippen LogP contribution in [0.3, 0.4) is 0 Å². The van der Waals surface area contributed by atoms with Gasteiger partial charge in [0, 0.05) is 19.2 Å². The minimum atomic E-state index is -2.83. The van der Waals surface area contributed by atoms with Crippen LogP contribution < -0.4 is 0 Å². The number of hydrogen-bond acceptors (Lipinski definition) is 5. The molecule has 118 valence electrons. The Morgan fingerprint density at radius 3 is 2.52 bits per heavy atom. The average Bonchev–Trinajstić information content (AvgIpc) is 2.48. The molecule has 0 aromatic carbocycles. The van der Waals surface area contributed by atoms with Gasteiger partial charge in [0.1, 0.15) is 17.1 Å². The van der Waals surface area contributed by atoms with Crippen molar-refractivity contribution in [2.24, 2.45) is 0 Å². The Morgan fingerprint density at radius 2 is 2.00 bits per heavy atom. The van der Waals surface area contributed by atoms with Crippen molar-refractivity contribution in [3.05, 3.63) is 23.3 Å². The second-order valence-electron chi connectivity index (χ2n) is 4.38. The number of rotatable bonds is 8. The van der Waals surface area contributed by atoms with Crippen LogP contribution in [-0.2, 0) is 11.2 Å². The molecule has 21 heavy (non-hydrogen) atoms. The molecule has 1 aromatic rings. The quantitative estimate of drug-likeness (QED) is 0.690. The molecule has 0 amide bonds. The number of esters is 1. The fourth-order valence-corrected chi connectivity index (χ4v) is 1.88. The maximum atomic E-state index is 13.0. The second kappa shape index (κ2) is 8.61. The third kappa shape index (κ3) is 5.00. The van der Waals surface area contributed by atoms with Crippen molar-refractivity contribution in [2.75, 3.05) is 26.2 Å². The molecular formula is C14H21F2N3O2. The summed E-state index contributed by atoms with van der Waals surface area (Å²) >= 11 is 0. The van der Waals surface area contributed by atoms with Gasteiger partial charge in [-0.3, -0.25) is 0 Å². The zero-order chi connectivity index (χ0) is 15.8. The molecule has 0 radical (unpaired) electrons. The van der Waals surface area contributed by atoms with Crippen molar-refractivity contribution >= 4 is 5.97 Å². The maximum absolute atomic E-state index is 13.0. The number of nitrogens with zero attached hydrogens (tertiary/aromatic N) is 3. The van der Waals surface area contributed by atoms with E-state index in [1.165, 1.54) is 0 Å². The molecule has 1 aromatic heterocycles. The summed E-state index contributed by atoms with van der Waals surface area (Å²) < 4.78 is 30.8. The van der Waals surface area contributed by atoms with Crippen LogP contribution in [0.2, 0.25) is 0 Å². The number of hydrogen-bond donors (Lipinski definition) is 0. The van der Waals surface area contributed by atoms with Crippen LogP contribution in [0, 0.1) is 0 Å². The van der Waals surface area contributed by atoms with Crippen molar-refractivity contribution in [2.45, 2.75) is 33.6 Å². The molecule has 7 heteroatoms. The van der Waals surface area contributed by atoms with Crippen LogP contribution >= 0.6 is 0 Å². The molecule has 0 spiro atoms. The first kappa shape index (κ1) is 17.4. The number of likely N-dealkylation sites (N-methyl/N-ethyl adjacent to an activating group) is 1. The Morgan fingerprint density at radius 1 is 1.33 bits per heavy atom. The molecule has 1 rings (SSSR count).